The SMILES string of the molecule is CCOC(=N)c1cc(F)ccc1C(F)(F)F. The zero-order valence-electron chi connectivity index (χ0n) is 8.36. The van der Waals surface area contributed by atoms with Gasteiger partial charge < -0.3 is 4.74 Å². The van der Waals surface area contributed by atoms with Crippen molar-refractivity contribution >= 4 is 5.90 Å². The molecule has 1 aromatic rings. The van der Waals surface area contributed by atoms with Gasteiger partial charge in [-0.05, 0) is 25.1 Å². The molecule has 0 radical (unpaired) electrons. The highest BCUT2D eigenvalue weighted by Gasteiger charge is 2.34. The Labute approximate surface area is 89.4 Å². The van der Waals surface area contributed by atoms with Gasteiger partial charge >= 0.3 is 6.18 Å². The number of ether oxygens (including phenoxy) is 1. The number of halogens is 4. The summed E-state index contributed by atoms with van der Waals surface area (Å²) in [5, 5.41) is 7.26. The van der Waals surface area contributed by atoms with E-state index in [-0.39, 0.29) is 6.61 Å². The second kappa shape index (κ2) is 4.51. The first-order valence-electron chi connectivity index (χ1n) is 4.44. The highest BCUT2D eigenvalue weighted by atomic mass is 19.4. The predicted molar refractivity (Wildman–Crippen MR) is 49.9 cm³/mol. The molecule has 88 valence electrons. The van der Waals surface area contributed by atoms with Crippen LogP contribution in [0.3, 0.4) is 0 Å². The highest BCUT2D eigenvalue weighted by Crippen LogP contribution is 2.32. The van der Waals surface area contributed by atoms with Crippen LogP contribution >= 0.6 is 0 Å². The maximum Gasteiger partial charge on any atom is 0.417 e. The zero-order chi connectivity index (χ0) is 12.3. The lowest BCUT2D eigenvalue weighted by Gasteiger charge is -2.13. The van der Waals surface area contributed by atoms with Gasteiger partial charge in [-0.3, -0.25) is 5.41 Å². The molecule has 0 spiro atoms. The summed E-state index contributed by atoms with van der Waals surface area (Å²) < 4.78 is 55.0. The average Bonchev–Trinajstić information content (AvgIpc) is 2.16. The minimum atomic E-state index is -4.63. The van der Waals surface area contributed by atoms with Crippen molar-refractivity contribution in [2.75, 3.05) is 6.61 Å². The summed E-state index contributed by atoms with van der Waals surface area (Å²) in [4.78, 5) is 0. The van der Waals surface area contributed by atoms with Crippen LogP contribution in [0.1, 0.15) is 18.1 Å². The second-order valence-electron chi connectivity index (χ2n) is 2.95. The molecule has 0 heterocycles. The molecule has 1 aromatic carbocycles. The summed E-state index contributed by atoms with van der Waals surface area (Å²) in [6, 6.07) is 1.94. The summed E-state index contributed by atoms with van der Waals surface area (Å²) in [6.45, 7) is 1.58. The smallest absolute Gasteiger partial charge is 0.417 e. The van der Waals surface area contributed by atoms with E-state index in [1.807, 2.05) is 0 Å². The van der Waals surface area contributed by atoms with E-state index in [2.05, 4.69) is 4.74 Å². The Morgan fingerprint density at radius 1 is 1.38 bits per heavy atom. The number of hydrogen-bond acceptors (Lipinski definition) is 2. The Balaban J connectivity index is 3.24. The molecule has 1 N–H and O–H groups in total. The molecule has 0 saturated carbocycles. The first-order chi connectivity index (χ1) is 7.36. The fourth-order valence-corrected chi connectivity index (χ4v) is 1.17. The standard InChI is InChI=1S/C10H9F4NO/c1-2-16-9(15)7-5-6(11)3-4-8(7)10(12,13)14/h3-5,15H,2H2,1H3. The quantitative estimate of drug-likeness (QED) is 0.476. The summed E-state index contributed by atoms with van der Waals surface area (Å²) in [7, 11) is 0. The molecule has 0 unspecified atom stereocenters. The lowest BCUT2D eigenvalue weighted by atomic mass is 10.1. The Morgan fingerprint density at radius 2 is 2.00 bits per heavy atom. The average molecular weight is 235 g/mol. The first-order valence-corrected chi connectivity index (χ1v) is 4.44. The predicted octanol–water partition coefficient (Wildman–Crippen LogP) is 3.21. The molecule has 0 aliphatic carbocycles. The van der Waals surface area contributed by atoms with Gasteiger partial charge in [0.25, 0.3) is 0 Å². The van der Waals surface area contributed by atoms with E-state index in [9.17, 15) is 17.6 Å². The van der Waals surface area contributed by atoms with Crippen molar-refractivity contribution in [1.29, 1.82) is 5.41 Å². The van der Waals surface area contributed by atoms with Crippen LogP contribution in [-0.4, -0.2) is 12.5 Å². The molecule has 0 fully saturated rings. The summed E-state index contributed by atoms with van der Waals surface area (Å²) >= 11 is 0. The molecule has 0 aliphatic heterocycles. The van der Waals surface area contributed by atoms with E-state index >= 15 is 0 Å². The van der Waals surface area contributed by atoms with Gasteiger partial charge in [0.2, 0.25) is 5.90 Å². The van der Waals surface area contributed by atoms with Crippen LogP contribution in [0.15, 0.2) is 18.2 Å². The molecular weight excluding hydrogens is 226 g/mol. The number of hydrogen-bond donors (Lipinski definition) is 1. The lowest BCUT2D eigenvalue weighted by molar-refractivity contribution is -0.137. The van der Waals surface area contributed by atoms with Crippen LogP contribution in [0.5, 0.6) is 0 Å². The van der Waals surface area contributed by atoms with Crippen LogP contribution in [0.4, 0.5) is 17.6 Å². The topological polar surface area (TPSA) is 33.1 Å². The Morgan fingerprint density at radius 3 is 2.50 bits per heavy atom. The maximum absolute atomic E-state index is 12.8. The summed E-state index contributed by atoms with van der Waals surface area (Å²) in [5.74, 6) is -1.53. The van der Waals surface area contributed by atoms with Crippen LogP contribution in [0, 0.1) is 11.2 Å². The largest absolute Gasteiger partial charge is 0.478 e. The van der Waals surface area contributed by atoms with Crippen molar-refractivity contribution in [3.63, 3.8) is 0 Å². The van der Waals surface area contributed by atoms with Crippen molar-refractivity contribution in [2.24, 2.45) is 0 Å². The molecule has 0 amide bonds. The number of nitrogens with one attached hydrogen (secondary N) is 1. The van der Waals surface area contributed by atoms with Gasteiger partial charge in [-0.25, -0.2) is 4.39 Å². The molecule has 6 heteroatoms. The molecule has 0 saturated heterocycles. The number of rotatable bonds is 2. The Hall–Kier alpha value is -1.59. The van der Waals surface area contributed by atoms with E-state index in [4.69, 9.17) is 5.41 Å². The van der Waals surface area contributed by atoms with E-state index in [1.165, 1.54) is 6.92 Å². The van der Waals surface area contributed by atoms with E-state index < -0.39 is 29.0 Å². The molecule has 2 nitrogen and oxygen atoms in total. The third kappa shape index (κ3) is 2.71. The third-order valence-corrected chi connectivity index (χ3v) is 1.82. The summed E-state index contributed by atoms with van der Waals surface area (Å²) in [5.41, 5.74) is -1.67. The van der Waals surface area contributed by atoms with Crippen LogP contribution < -0.4 is 0 Å². The van der Waals surface area contributed by atoms with Gasteiger partial charge in [0.1, 0.15) is 5.82 Å². The monoisotopic (exact) mass is 235 g/mol. The normalized spacial score (nSPS) is 11.3. The number of benzene rings is 1. The van der Waals surface area contributed by atoms with Gasteiger partial charge in [-0.15, -0.1) is 0 Å². The van der Waals surface area contributed by atoms with E-state index in [1.54, 1.807) is 0 Å². The number of alkyl halides is 3. The maximum atomic E-state index is 12.8. The molecule has 0 aliphatic rings. The molecule has 1 rings (SSSR count). The minimum absolute atomic E-state index is 0.0483. The van der Waals surface area contributed by atoms with Gasteiger partial charge in [0.05, 0.1) is 17.7 Å². The van der Waals surface area contributed by atoms with Gasteiger partial charge in [-0.2, -0.15) is 13.2 Å². The molecule has 0 atom stereocenters. The van der Waals surface area contributed by atoms with Gasteiger partial charge in [0, 0.05) is 0 Å². The highest BCUT2D eigenvalue weighted by molar-refractivity contribution is 5.93. The van der Waals surface area contributed by atoms with Crippen LogP contribution in [0.25, 0.3) is 0 Å². The van der Waals surface area contributed by atoms with E-state index in [0.717, 1.165) is 0 Å². The fourth-order valence-electron chi connectivity index (χ4n) is 1.17. The van der Waals surface area contributed by atoms with Gasteiger partial charge in [0.15, 0.2) is 0 Å². The molecule has 0 aromatic heterocycles. The summed E-state index contributed by atoms with van der Waals surface area (Å²) in [6.07, 6.45) is -4.63. The molecular formula is C10H9F4NO. The first kappa shape index (κ1) is 12.5. The fraction of sp³-hybridized carbons (Fsp3) is 0.300. The van der Waals surface area contributed by atoms with Crippen molar-refractivity contribution in [1.82, 2.24) is 0 Å². The van der Waals surface area contributed by atoms with Crippen LogP contribution in [-0.2, 0) is 10.9 Å². The van der Waals surface area contributed by atoms with Crippen molar-refractivity contribution in [3.8, 4) is 0 Å². The van der Waals surface area contributed by atoms with E-state index in [0.29, 0.717) is 18.2 Å². The van der Waals surface area contributed by atoms with Crippen LogP contribution in [0.2, 0.25) is 0 Å². The van der Waals surface area contributed by atoms with Crippen molar-refractivity contribution in [2.45, 2.75) is 13.1 Å². The molecule has 16 heavy (non-hydrogen) atoms. The van der Waals surface area contributed by atoms with Crippen molar-refractivity contribution < 1.29 is 22.3 Å². The zero-order valence-corrected chi connectivity index (χ0v) is 8.36. The molecule has 0 bridgehead atoms. The second-order valence-corrected chi connectivity index (χ2v) is 2.95. The lowest BCUT2D eigenvalue weighted by Crippen LogP contribution is -2.15. The Kier molecular flexibility index (Phi) is 3.51. The minimum Gasteiger partial charge on any atom is -0.478 e. The Bertz CT molecular complexity index is 400. The van der Waals surface area contributed by atoms with Crippen molar-refractivity contribution in [3.05, 3.63) is 35.1 Å². The third-order valence-electron chi connectivity index (χ3n) is 1.82. The van der Waals surface area contributed by atoms with Gasteiger partial charge in [-0.1, -0.05) is 0 Å².